The second-order valence-electron chi connectivity index (χ2n) is 8.18. The average molecular weight is 420 g/mol. The summed E-state index contributed by atoms with van der Waals surface area (Å²) in [6, 6.07) is 7.85. The third-order valence-electron chi connectivity index (χ3n) is 6.44. The largest absolute Gasteiger partial charge is 0.496 e. The van der Waals surface area contributed by atoms with Gasteiger partial charge in [0.15, 0.2) is 5.60 Å². The van der Waals surface area contributed by atoms with Crippen LogP contribution in [0.4, 0.5) is 0 Å². The van der Waals surface area contributed by atoms with E-state index in [1.54, 1.807) is 24.7 Å². The van der Waals surface area contributed by atoms with Crippen LogP contribution in [0.5, 0.6) is 5.75 Å². The molecule has 160 valence electrons. The highest BCUT2D eigenvalue weighted by Gasteiger charge is 2.45. The van der Waals surface area contributed by atoms with Gasteiger partial charge in [-0.15, -0.1) is 0 Å². The molecule has 2 aliphatic heterocycles. The molecule has 1 N–H and O–H groups in total. The van der Waals surface area contributed by atoms with Crippen LogP contribution < -0.4 is 10.3 Å². The Bertz CT molecular complexity index is 1310. The van der Waals surface area contributed by atoms with E-state index in [2.05, 4.69) is 19.1 Å². The lowest BCUT2D eigenvalue weighted by Crippen LogP contribution is -2.44. The zero-order valence-electron chi connectivity index (χ0n) is 17.8. The molecular weight excluding hydrogens is 396 g/mol. The van der Waals surface area contributed by atoms with Crippen LogP contribution >= 0.6 is 0 Å². The van der Waals surface area contributed by atoms with Crippen LogP contribution in [0.15, 0.2) is 29.1 Å². The van der Waals surface area contributed by atoms with Crippen LogP contribution in [-0.4, -0.2) is 27.7 Å². The molecule has 0 saturated heterocycles. The Kier molecular flexibility index (Phi) is 4.41. The van der Waals surface area contributed by atoms with Gasteiger partial charge in [-0.3, -0.25) is 4.79 Å². The molecular formula is C24H24N2O5. The number of aliphatic hydroxyl groups is 1. The summed E-state index contributed by atoms with van der Waals surface area (Å²) in [5.74, 6) is -0.0188. The van der Waals surface area contributed by atoms with Crippen LogP contribution in [0.25, 0.3) is 22.3 Å². The van der Waals surface area contributed by atoms with E-state index < -0.39 is 11.6 Å². The van der Waals surface area contributed by atoms with Crippen molar-refractivity contribution in [3.8, 4) is 17.1 Å². The van der Waals surface area contributed by atoms with Crippen LogP contribution in [0.1, 0.15) is 48.9 Å². The molecule has 0 amide bonds. The summed E-state index contributed by atoms with van der Waals surface area (Å²) < 4.78 is 12.6. The van der Waals surface area contributed by atoms with Crippen LogP contribution in [0.2, 0.25) is 0 Å². The number of aryl methyl sites for hydroxylation is 1. The minimum Gasteiger partial charge on any atom is -0.496 e. The van der Waals surface area contributed by atoms with Crippen molar-refractivity contribution < 1.29 is 19.4 Å². The first-order chi connectivity index (χ1) is 14.9. The van der Waals surface area contributed by atoms with Crippen molar-refractivity contribution in [2.24, 2.45) is 0 Å². The summed E-state index contributed by atoms with van der Waals surface area (Å²) in [7, 11) is 1.63. The predicted molar refractivity (Wildman–Crippen MR) is 115 cm³/mol. The van der Waals surface area contributed by atoms with Crippen molar-refractivity contribution in [2.45, 2.75) is 51.9 Å². The SMILES string of the molecule is CCCc1ccc2nc3c(c(OC)c2c1)Cn1c-3cc2c(c1=O)COC(=O)[C@]2(O)CC. The quantitative estimate of drug-likeness (QED) is 0.511. The van der Waals surface area contributed by atoms with E-state index in [1.165, 1.54) is 5.56 Å². The Hall–Kier alpha value is -3.19. The number of fused-ring (bicyclic) bond motifs is 5. The number of carbonyl (C=O) groups excluding carboxylic acids is 1. The molecule has 5 rings (SSSR count). The lowest BCUT2D eigenvalue weighted by molar-refractivity contribution is -0.172. The number of hydrogen-bond acceptors (Lipinski definition) is 6. The van der Waals surface area contributed by atoms with Crippen molar-refractivity contribution in [3.63, 3.8) is 0 Å². The Morgan fingerprint density at radius 3 is 2.74 bits per heavy atom. The smallest absolute Gasteiger partial charge is 0.343 e. The molecule has 0 spiro atoms. The summed E-state index contributed by atoms with van der Waals surface area (Å²) in [5, 5.41) is 11.9. The second-order valence-corrected chi connectivity index (χ2v) is 8.18. The molecule has 3 aromatic rings. The second kappa shape index (κ2) is 6.92. The summed E-state index contributed by atoms with van der Waals surface area (Å²) in [4.78, 5) is 30.5. The van der Waals surface area contributed by atoms with Gasteiger partial charge in [0.25, 0.3) is 5.56 Å². The normalized spacial score (nSPS) is 19.0. The first-order valence-electron chi connectivity index (χ1n) is 10.6. The monoisotopic (exact) mass is 420 g/mol. The summed E-state index contributed by atoms with van der Waals surface area (Å²) in [6.07, 6.45) is 2.12. The van der Waals surface area contributed by atoms with Gasteiger partial charge in [-0.05, 0) is 36.6 Å². The third-order valence-corrected chi connectivity index (χ3v) is 6.44. The summed E-state index contributed by atoms with van der Waals surface area (Å²) in [6.45, 7) is 4.01. The number of pyridine rings is 2. The van der Waals surface area contributed by atoms with Crippen molar-refractivity contribution in [1.29, 1.82) is 0 Å². The van der Waals surface area contributed by atoms with Crippen LogP contribution in [-0.2, 0) is 34.7 Å². The van der Waals surface area contributed by atoms with E-state index in [9.17, 15) is 14.7 Å². The van der Waals surface area contributed by atoms with Crippen molar-refractivity contribution in [1.82, 2.24) is 9.55 Å². The maximum Gasteiger partial charge on any atom is 0.343 e. The predicted octanol–water partition coefficient (Wildman–Crippen LogP) is 3.04. The molecule has 0 saturated carbocycles. The molecule has 7 heteroatoms. The fourth-order valence-electron chi connectivity index (χ4n) is 4.77. The van der Waals surface area contributed by atoms with Crippen LogP contribution in [0.3, 0.4) is 0 Å². The van der Waals surface area contributed by atoms with E-state index in [0.717, 1.165) is 29.3 Å². The molecule has 31 heavy (non-hydrogen) atoms. The van der Waals surface area contributed by atoms with Gasteiger partial charge >= 0.3 is 5.97 Å². The lowest BCUT2D eigenvalue weighted by Gasteiger charge is -2.31. The molecule has 0 aliphatic carbocycles. The highest BCUT2D eigenvalue weighted by molar-refractivity contribution is 5.92. The minimum absolute atomic E-state index is 0.114. The molecule has 7 nitrogen and oxygen atoms in total. The molecule has 0 fully saturated rings. The minimum atomic E-state index is -1.83. The average Bonchev–Trinajstić information content (AvgIpc) is 3.14. The lowest BCUT2D eigenvalue weighted by atomic mass is 9.86. The van der Waals surface area contributed by atoms with E-state index in [-0.39, 0.29) is 18.6 Å². The number of ether oxygens (including phenoxy) is 2. The van der Waals surface area contributed by atoms with Gasteiger partial charge in [0, 0.05) is 16.5 Å². The number of rotatable bonds is 4. The highest BCUT2D eigenvalue weighted by atomic mass is 16.6. The zero-order chi connectivity index (χ0) is 21.9. The van der Waals surface area contributed by atoms with E-state index in [1.807, 2.05) is 6.07 Å². The maximum absolute atomic E-state index is 13.3. The van der Waals surface area contributed by atoms with Gasteiger partial charge in [-0.25, -0.2) is 9.78 Å². The third kappa shape index (κ3) is 2.66. The van der Waals surface area contributed by atoms with Gasteiger partial charge in [0.2, 0.25) is 0 Å². The first kappa shape index (κ1) is 19.8. The molecule has 1 atom stereocenters. The van der Waals surface area contributed by atoms with E-state index >= 15 is 0 Å². The molecule has 0 radical (unpaired) electrons. The molecule has 1 aromatic carbocycles. The van der Waals surface area contributed by atoms with Crippen molar-refractivity contribution >= 4 is 16.9 Å². The van der Waals surface area contributed by atoms with Crippen molar-refractivity contribution in [3.05, 3.63) is 56.9 Å². The van der Waals surface area contributed by atoms with Crippen LogP contribution in [0, 0.1) is 0 Å². The van der Waals surface area contributed by atoms with Gasteiger partial charge in [0.05, 0.1) is 36.1 Å². The van der Waals surface area contributed by atoms with Gasteiger partial charge in [-0.1, -0.05) is 26.3 Å². The summed E-state index contributed by atoms with van der Waals surface area (Å²) in [5.41, 5.74) is 2.56. The standard InChI is InChI=1S/C24H24N2O5/c1-4-6-13-7-8-18-14(9-13)21(30-3)15-11-26-19(20(15)25-18)10-17-16(22(26)27)12-31-23(28)24(17,29)5-2/h7-10,29H,4-6,11-12H2,1-3H3/t24-/m0/s1. The highest BCUT2D eigenvalue weighted by Crippen LogP contribution is 2.42. The number of benzene rings is 1. The Balaban J connectivity index is 1.78. The Morgan fingerprint density at radius 2 is 2.03 bits per heavy atom. The molecule has 2 aliphatic rings. The maximum atomic E-state index is 13.3. The number of carbonyl (C=O) groups is 1. The number of esters is 1. The number of cyclic esters (lactones) is 1. The molecule has 2 aromatic heterocycles. The van der Waals surface area contributed by atoms with E-state index in [0.29, 0.717) is 34.8 Å². The number of aromatic nitrogens is 2. The van der Waals surface area contributed by atoms with Crippen molar-refractivity contribution in [2.75, 3.05) is 7.11 Å². The number of nitrogens with zero attached hydrogens (tertiary/aromatic N) is 2. The first-order valence-corrected chi connectivity index (χ1v) is 10.6. The Labute approximate surface area is 179 Å². The molecule has 4 heterocycles. The summed E-state index contributed by atoms with van der Waals surface area (Å²) >= 11 is 0. The topological polar surface area (TPSA) is 90.7 Å². The number of hydrogen-bond donors (Lipinski definition) is 1. The fraction of sp³-hybridized carbons (Fsp3) is 0.375. The number of methoxy groups -OCH3 is 1. The molecule has 0 bridgehead atoms. The Morgan fingerprint density at radius 1 is 1.23 bits per heavy atom. The van der Waals surface area contributed by atoms with Gasteiger partial charge in [-0.2, -0.15) is 0 Å². The zero-order valence-corrected chi connectivity index (χ0v) is 17.8. The fourth-order valence-corrected chi connectivity index (χ4v) is 4.77. The molecule has 0 unspecified atom stereocenters. The van der Waals surface area contributed by atoms with Gasteiger partial charge in [0.1, 0.15) is 12.4 Å². The van der Waals surface area contributed by atoms with Gasteiger partial charge < -0.3 is 19.1 Å². The van der Waals surface area contributed by atoms with E-state index in [4.69, 9.17) is 14.5 Å².